The smallest absolute Gasteiger partial charge is 0.265 e. The van der Waals surface area contributed by atoms with Crippen LogP contribution in [-0.2, 0) is 0 Å². The van der Waals surface area contributed by atoms with Crippen LogP contribution in [-0.4, -0.2) is 42.0 Å². The van der Waals surface area contributed by atoms with E-state index < -0.39 is 11.6 Å². The molecule has 4 nitrogen and oxygen atoms in total. The summed E-state index contributed by atoms with van der Waals surface area (Å²) in [5, 5.41) is 3.44. The second kappa shape index (κ2) is 6.72. The second-order valence-electron chi connectivity index (χ2n) is 5.43. The zero-order valence-corrected chi connectivity index (χ0v) is 13.6. The normalized spacial score (nSPS) is 15.5. The van der Waals surface area contributed by atoms with E-state index in [1.54, 1.807) is 11.8 Å². The summed E-state index contributed by atoms with van der Waals surface area (Å²) in [5.41, 5.74) is 0.340. The van der Waals surface area contributed by atoms with E-state index in [1.165, 1.54) is 18.2 Å². The van der Waals surface area contributed by atoms with E-state index in [-0.39, 0.29) is 16.5 Å². The van der Waals surface area contributed by atoms with Gasteiger partial charge in [0.2, 0.25) is 0 Å². The summed E-state index contributed by atoms with van der Waals surface area (Å²) in [5.74, 6) is -1.46. The third-order valence-corrected chi connectivity index (χ3v) is 4.96. The Morgan fingerprint density at radius 3 is 2.74 bits per heavy atom. The molecule has 0 bridgehead atoms. The lowest BCUT2D eigenvalue weighted by atomic mass is 10.2. The number of halogens is 2. The van der Waals surface area contributed by atoms with Gasteiger partial charge in [-0.3, -0.25) is 4.79 Å². The third-order valence-electron chi connectivity index (χ3n) is 3.79. The topological polar surface area (TPSA) is 45.2 Å². The van der Waals surface area contributed by atoms with Crippen LogP contribution >= 0.6 is 11.3 Å². The fourth-order valence-electron chi connectivity index (χ4n) is 2.60. The highest BCUT2D eigenvalue weighted by atomic mass is 32.1. The predicted octanol–water partition coefficient (Wildman–Crippen LogP) is 2.83. The molecule has 2 aromatic rings. The summed E-state index contributed by atoms with van der Waals surface area (Å²) < 4.78 is 27.8. The Balaban J connectivity index is 1.93. The first-order valence-corrected chi connectivity index (χ1v) is 8.31. The molecule has 0 atom stereocenters. The van der Waals surface area contributed by atoms with E-state index in [1.807, 2.05) is 0 Å². The van der Waals surface area contributed by atoms with E-state index in [0.717, 1.165) is 30.8 Å². The van der Waals surface area contributed by atoms with Crippen molar-refractivity contribution in [3.05, 3.63) is 40.4 Å². The summed E-state index contributed by atoms with van der Waals surface area (Å²) in [6.45, 7) is 4.63. The van der Waals surface area contributed by atoms with Gasteiger partial charge in [0.05, 0.1) is 11.3 Å². The van der Waals surface area contributed by atoms with Gasteiger partial charge in [-0.25, -0.2) is 13.8 Å². The van der Waals surface area contributed by atoms with Gasteiger partial charge >= 0.3 is 0 Å². The van der Waals surface area contributed by atoms with Crippen LogP contribution in [0.25, 0.3) is 10.6 Å². The number of carbonyl (C=O) groups is 1. The maximum Gasteiger partial charge on any atom is 0.265 e. The average molecular weight is 337 g/mol. The Labute approximate surface area is 137 Å². The number of thiazole rings is 1. The quantitative estimate of drug-likeness (QED) is 0.916. The van der Waals surface area contributed by atoms with Gasteiger partial charge in [0.15, 0.2) is 0 Å². The van der Waals surface area contributed by atoms with Crippen molar-refractivity contribution in [2.75, 3.05) is 26.2 Å². The van der Waals surface area contributed by atoms with Gasteiger partial charge in [-0.05, 0) is 32.0 Å². The number of hydrogen-bond donors (Lipinski definition) is 1. The summed E-state index contributed by atoms with van der Waals surface area (Å²) in [6, 6.07) is 3.69. The van der Waals surface area contributed by atoms with Gasteiger partial charge in [-0.15, -0.1) is 11.3 Å². The van der Waals surface area contributed by atoms with Crippen LogP contribution < -0.4 is 5.32 Å². The highest BCUT2D eigenvalue weighted by Gasteiger charge is 2.24. The molecule has 0 unspecified atom stereocenters. The molecule has 1 aliphatic rings. The third kappa shape index (κ3) is 3.25. The minimum Gasteiger partial charge on any atom is -0.337 e. The molecule has 7 heteroatoms. The molecular formula is C16H17F2N3OS. The van der Waals surface area contributed by atoms with Crippen LogP contribution in [0.1, 0.15) is 21.8 Å². The van der Waals surface area contributed by atoms with Gasteiger partial charge in [0, 0.05) is 19.6 Å². The number of aromatic nitrogens is 1. The standard InChI is InChI=1S/C16H17F2N3OS/c1-10-14(16(22)21-8-3-6-19-7-9-21)23-15(20-10)13-11(17)4-2-5-12(13)18/h2,4-5,19H,3,6-9H2,1H3. The molecule has 23 heavy (non-hydrogen) atoms. The summed E-state index contributed by atoms with van der Waals surface area (Å²) >= 11 is 1.05. The highest BCUT2D eigenvalue weighted by Crippen LogP contribution is 2.32. The van der Waals surface area contributed by atoms with Gasteiger partial charge in [0.1, 0.15) is 21.5 Å². The van der Waals surface area contributed by atoms with Gasteiger partial charge < -0.3 is 10.2 Å². The molecule has 1 amide bonds. The zero-order chi connectivity index (χ0) is 16.4. The Hall–Kier alpha value is -1.86. The number of nitrogens with zero attached hydrogens (tertiary/aromatic N) is 2. The van der Waals surface area contributed by atoms with Crippen molar-refractivity contribution in [2.45, 2.75) is 13.3 Å². The summed E-state index contributed by atoms with van der Waals surface area (Å²) in [6.07, 6.45) is 0.887. The van der Waals surface area contributed by atoms with E-state index in [9.17, 15) is 13.6 Å². The number of aryl methyl sites for hydroxylation is 1. The Kier molecular flexibility index (Phi) is 4.68. The number of nitrogens with one attached hydrogen (secondary N) is 1. The minimum atomic E-state index is -0.670. The van der Waals surface area contributed by atoms with Crippen LogP contribution in [0.5, 0.6) is 0 Å². The maximum atomic E-state index is 13.9. The molecule has 0 spiro atoms. The van der Waals surface area contributed by atoms with E-state index in [0.29, 0.717) is 23.7 Å². The number of carbonyl (C=O) groups excluding carboxylic acids is 1. The minimum absolute atomic E-state index is 0.119. The van der Waals surface area contributed by atoms with Crippen molar-refractivity contribution in [3.8, 4) is 10.6 Å². The van der Waals surface area contributed by atoms with Crippen molar-refractivity contribution < 1.29 is 13.6 Å². The lowest BCUT2D eigenvalue weighted by Gasteiger charge is -2.19. The summed E-state index contributed by atoms with van der Waals surface area (Å²) in [4.78, 5) is 19.1. The van der Waals surface area contributed by atoms with Crippen LogP contribution in [0.3, 0.4) is 0 Å². The lowest BCUT2D eigenvalue weighted by molar-refractivity contribution is 0.0770. The number of rotatable bonds is 2. The Morgan fingerprint density at radius 2 is 2.00 bits per heavy atom. The van der Waals surface area contributed by atoms with E-state index >= 15 is 0 Å². The molecule has 122 valence electrons. The molecule has 0 aliphatic carbocycles. The maximum absolute atomic E-state index is 13.9. The van der Waals surface area contributed by atoms with Crippen molar-refractivity contribution in [2.24, 2.45) is 0 Å². The first-order chi connectivity index (χ1) is 11.1. The number of amides is 1. The fourth-order valence-corrected chi connectivity index (χ4v) is 3.68. The molecule has 0 saturated carbocycles. The van der Waals surface area contributed by atoms with Crippen LogP contribution in [0.15, 0.2) is 18.2 Å². The Bertz CT molecular complexity index is 704. The average Bonchev–Trinajstić information content (AvgIpc) is 2.74. The molecule has 0 radical (unpaired) electrons. The molecule has 1 saturated heterocycles. The summed E-state index contributed by atoms with van der Waals surface area (Å²) in [7, 11) is 0. The molecule has 1 N–H and O–H groups in total. The molecule has 2 heterocycles. The second-order valence-corrected chi connectivity index (χ2v) is 6.43. The molecule has 3 rings (SSSR count). The fraction of sp³-hybridized carbons (Fsp3) is 0.375. The molecule has 1 fully saturated rings. The van der Waals surface area contributed by atoms with Crippen molar-refractivity contribution in [3.63, 3.8) is 0 Å². The number of benzene rings is 1. The van der Waals surface area contributed by atoms with Crippen molar-refractivity contribution in [1.29, 1.82) is 0 Å². The van der Waals surface area contributed by atoms with Crippen molar-refractivity contribution in [1.82, 2.24) is 15.2 Å². The monoisotopic (exact) mass is 337 g/mol. The van der Waals surface area contributed by atoms with Crippen molar-refractivity contribution >= 4 is 17.2 Å². The highest BCUT2D eigenvalue weighted by molar-refractivity contribution is 7.17. The Morgan fingerprint density at radius 1 is 1.26 bits per heavy atom. The first-order valence-electron chi connectivity index (χ1n) is 7.49. The molecule has 1 aromatic carbocycles. The molecule has 1 aromatic heterocycles. The van der Waals surface area contributed by atoms with Crippen LogP contribution in [0.4, 0.5) is 8.78 Å². The van der Waals surface area contributed by atoms with Gasteiger partial charge in [0.25, 0.3) is 5.91 Å². The predicted molar refractivity (Wildman–Crippen MR) is 85.6 cm³/mol. The van der Waals surface area contributed by atoms with E-state index in [4.69, 9.17) is 0 Å². The lowest BCUT2D eigenvalue weighted by Crippen LogP contribution is -2.34. The first kappa shape index (κ1) is 16.0. The van der Waals surface area contributed by atoms with Gasteiger partial charge in [-0.1, -0.05) is 6.07 Å². The van der Waals surface area contributed by atoms with Crippen LogP contribution in [0.2, 0.25) is 0 Å². The SMILES string of the molecule is Cc1nc(-c2c(F)cccc2F)sc1C(=O)N1CCCNCC1. The zero-order valence-electron chi connectivity index (χ0n) is 12.7. The molecular weight excluding hydrogens is 320 g/mol. The number of hydrogen-bond acceptors (Lipinski definition) is 4. The molecule has 1 aliphatic heterocycles. The van der Waals surface area contributed by atoms with Gasteiger partial charge in [-0.2, -0.15) is 0 Å². The van der Waals surface area contributed by atoms with Crippen LogP contribution in [0, 0.1) is 18.6 Å². The van der Waals surface area contributed by atoms with E-state index in [2.05, 4.69) is 10.3 Å². The largest absolute Gasteiger partial charge is 0.337 e.